The largest absolute Gasteiger partial charge is 0.444 e. The van der Waals surface area contributed by atoms with Gasteiger partial charge >= 0.3 is 6.09 Å². The molecule has 0 aromatic carbocycles. The third kappa shape index (κ3) is 10.6. The highest BCUT2D eigenvalue weighted by Gasteiger charge is 2.23. The highest BCUT2D eigenvalue weighted by molar-refractivity contribution is 5.83. The smallest absolute Gasteiger partial charge is 0.407 e. The lowest BCUT2D eigenvalue weighted by atomic mass is 9.84. The Labute approximate surface area is 150 Å². The van der Waals surface area contributed by atoms with Crippen molar-refractivity contribution >= 4 is 17.9 Å². The Balaban J connectivity index is 2.52. The lowest BCUT2D eigenvalue weighted by Gasteiger charge is -2.28. The van der Waals surface area contributed by atoms with Gasteiger partial charge in [-0.15, -0.1) is 0 Å². The van der Waals surface area contributed by atoms with E-state index in [4.69, 9.17) is 10.5 Å². The maximum atomic E-state index is 12.1. The lowest BCUT2D eigenvalue weighted by Crippen LogP contribution is -2.41. The maximum Gasteiger partial charge on any atom is 0.407 e. The van der Waals surface area contributed by atoms with E-state index in [-0.39, 0.29) is 24.9 Å². The molecule has 0 spiro atoms. The maximum absolute atomic E-state index is 12.1. The van der Waals surface area contributed by atoms with Gasteiger partial charge in [-0.1, -0.05) is 32.1 Å². The number of nitrogens with two attached hydrogens (primary N) is 1. The van der Waals surface area contributed by atoms with Crippen molar-refractivity contribution in [2.45, 2.75) is 83.8 Å². The van der Waals surface area contributed by atoms with Gasteiger partial charge in [0.1, 0.15) is 5.60 Å². The Kier molecular flexibility index (Phi) is 8.72. The fourth-order valence-electron chi connectivity index (χ4n) is 3.13. The normalized spacial score (nSPS) is 16.8. The minimum absolute atomic E-state index is 0.114. The van der Waals surface area contributed by atoms with E-state index >= 15 is 0 Å². The summed E-state index contributed by atoms with van der Waals surface area (Å²) in [6.45, 7) is 5.30. The number of primary amides is 1. The molecule has 1 fully saturated rings. The molecular weight excluding hydrogens is 322 g/mol. The SMILES string of the molecule is CC(C)(C)OC(=O)NC(CCC(=O)NCC(N)=O)CC1CCCCC1. The zero-order valence-corrected chi connectivity index (χ0v) is 15.7. The van der Waals surface area contributed by atoms with Crippen LogP contribution in [-0.2, 0) is 14.3 Å². The van der Waals surface area contributed by atoms with Gasteiger partial charge in [-0.25, -0.2) is 4.79 Å². The first-order valence-corrected chi connectivity index (χ1v) is 9.20. The molecule has 1 unspecified atom stereocenters. The van der Waals surface area contributed by atoms with Crippen molar-refractivity contribution in [3.8, 4) is 0 Å². The number of hydrogen-bond acceptors (Lipinski definition) is 4. The molecule has 25 heavy (non-hydrogen) atoms. The van der Waals surface area contributed by atoms with Gasteiger partial charge in [-0.05, 0) is 39.5 Å². The van der Waals surface area contributed by atoms with Crippen LogP contribution in [0, 0.1) is 5.92 Å². The summed E-state index contributed by atoms with van der Waals surface area (Å²) in [6, 6.07) is -0.114. The van der Waals surface area contributed by atoms with E-state index in [2.05, 4.69) is 10.6 Å². The fraction of sp³-hybridized carbons (Fsp3) is 0.833. The van der Waals surface area contributed by atoms with E-state index in [0.717, 1.165) is 6.42 Å². The second-order valence-electron chi connectivity index (χ2n) is 7.86. The molecule has 0 radical (unpaired) electrons. The molecule has 1 aliphatic rings. The first kappa shape index (κ1) is 21.3. The van der Waals surface area contributed by atoms with Crippen LogP contribution in [0.1, 0.15) is 72.1 Å². The van der Waals surface area contributed by atoms with Gasteiger partial charge in [-0.3, -0.25) is 9.59 Å². The van der Waals surface area contributed by atoms with Crippen LogP contribution in [0.2, 0.25) is 0 Å². The van der Waals surface area contributed by atoms with Crippen molar-refractivity contribution in [2.24, 2.45) is 11.7 Å². The predicted molar refractivity (Wildman–Crippen MR) is 95.8 cm³/mol. The first-order valence-electron chi connectivity index (χ1n) is 9.20. The molecule has 0 heterocycles. The van der Waals surface area contributed by atoms with Crippen LogP contribution in [0.5, 0.6) is 0 Å². The summed E-state index contributed by atoms with van der Waals surface area (Å²) in [5.74, 6) is -0.236. The molecule has 1 aliphatic carbocycles. The first-order chi connectivity index (χ1) is 11.7. The molecule has 4 N–H and O–H groups in total. The molecule has 0 aromatic rings. The quantitative estimate of drug-likeness (QED) is 0.620. The van der Waals surface area contributed by atoms with E-state index < -0.39 is 17.6 Å². The van der Waals surface area contributed by atoms with Crippen molar-refractivity contribution < 1.29 is 19.1 Å². The topological polar surface area (TPSA) is 111 Å². The van der Waals surface area contributed by atoms with Crippen molar-refractivity contribution in [3.05, 3.63) is 0 Å². The minimum atomic E-state index is -0.570. The van der Waals surface area contributed by atoms with E-state index in [1.165, 1.54) is 32.1 Å². The van der Waals surface area contributed by atoms with Gasteiger partial charge in [0.2, 0.25) is 11.8 Å². The highest BCUT2D eigenvalue weighted by atomic mass is 16.6. The standard InChI is InChI=1S/C18H33N3O4/c1-18(2,3)25-17(24)21-14(11-13-7-5-4-6-8-13)9-10-16(23)20-12-15(19)22/h13-14H,4-12H2,1-3H3,(H2,19,22)(H,20,23)(H,21,24). The van der Waals surface area contributed by atoms with Crippen LogP contribution in [0.25, 0.3) is 0 Å². The summed E-state index contributed by atoms with van der Waals surface area (Å²) in [6.07, 6.45) is 7.21. The number of carbonyl (C=O) groups is 3. The summed E-state index contributed by atoms with van der Waals surface area (Å²) in [5, 5.41) is 5.38. The number of hydrogen-bond donors (Lipinski definition) is 3. The third-order valence-electron chi connectivity index (χ3n) is 4.24. The zero-order chi connectivity index (χ0) is 18.9. The summed E-state index contributed by atoms with van der Waals surface area (Å²) < 4.78 is 5.33. The van der Waals surface area contributed by atoms with Gasteiger partial charge in [0, 0.05) is 12.5 Å². The molecule has 0 aromatic heterocycles. The Morgan fingerprint density at radius 3 is 2.36 bits per heavy atom. The van der Waals surface area contributed by atoms with Crippen LogP contribution in [0.3, 0.4) is 0 Å². The average Bonchev–Trinajstić information content (AvgIpc) is 2.49. The molecule has 0 aliphatic heterocycles. The molecular formula is C18H33N3O4. The molecule has 1 atom stereocenters. The second kappa shape index (κ2) is 10.3. The van der Waals surface area contributed by atoms with Gasteiger partial charge in [0.25, 0.3) is 0 Å². The number of alkyl carbamates (subject to hydrolysis) is 1. The average molecular weight is 355 g/mol. The van der Waals surface area contributed by atoms with E-state index in [9.17, 15) is 14.4 Å². The van der Waals surface area contributed by atoms with Crippen LogP contribution in [-0.4, -0.2) is 36.1 Å². The highest BCUT2D eigenvalue weighted by Crippen LogP contribution is 2.28. The molecule has 3 amide bonds. The van der Waals surface area contributed by atoms with Gasteiger partial charge < -0.3 is 21.1 Å². The Hall–Kier alpha value is -1.79. The number of nitrogens with one attached hydrogen (secondary N) is 2. The molecule has 0 bridgehead atoms. The Bertz CT molecular complexity index is 454. The fourth-order valence-corrected chi connectivity index (χ4v) is 3.13. The Morgan fingerprint density at radius 1 is 1.16 bits per heavy atom. The van der Waals surface area contributed by atoms with E-state index in [0.29, 0.717) is 12.3 Å². The molecule has 7 heteroatoms. The van der Waals surface area contributed by atoms with Crippen LogP contribution in [0.4, 0.5) is 4.79 Å². The number of carbonyl (C=O) groups excluding carboxylic acids is 3. The van der Waals surface area contributed by atoms with Crippen molar-refractivity contribution in [1.82, 2.24) is 10.6 Å². The van der Waals surface area contributed by atoms with Crippen LogP contribution in [0.15, 0.2) is 0 Å². The molecule has 7 nitrogen and oxygen atoms in total. The van der Waals surface area contributed by atoms with Gasteiger partial charge in [0.15, 0.2) is 0 Å². The molecule has 0 saturated heterocycles. The third-order valence-corrected chi connectivity index (χ3v) is 4.24. The second-order valence-corrected chi connectivity index (χ2v) is 7.86. The summed E-state index contributed by atoms with van der Waals surface area (Å²) in [7, 11) is 0. The van der Waals surface area contributed by atoms with Gasteiger partial charge in [0.05, 0.1) is 6.54 Å². The van der Waals surface area contributed by atoms with Crippen molar-refractivity contribution in [1.29, 1.82) is 0 Å². The van der Waals surface area contributed by atoms with Gasteiger partial charge in [-0.2, -0.15) is 0 Å². The minimum Gasteiger partial charge on any atom is -0.444 e. The lowest BCUT2D eigenvalue weighted by molar-refractivity contribution is -0.124. The van der Waals surface area contributed by atoms with E-state index in [1.54, 1.807) is 0 Å². The Morgan fingerprint density at radius 2 is 1.80 bits per heavy atom. The molecule has 144 valence electrons. The summed E-state index contributed by atoms with van der Waals surface area (Å²) in [5.41, 5.74) is 4.46. The van der Waals surface area contributed by atoms with Crippen LogP contribution < -0.4 is 16.4 Å². The van der Waals surface area contributed by atoms with E-state index in [1.807, 2.05) is 20.8 Å². The number of ether oxygens (including phenoxy) is 1. The zero-order valence-electron chi connectivity index (χ0n) is 15.7. The monoisotopic (exact) mass is 355 g/mol. The van der Waals surface area contributed by atoms with Crippen molar-refractivity contribution in [3.63, 3.8) is 0 Å². The summed E-state index contributed by atoms with van der Waals surface area (Å²) >= 11 is 0. The molecule has 1 saturated carbocycles. The molecule has 1 rings (SSSR count). The predicted octanol–water partition coefficient (Wildman–Crippen LogP) is 2.23. The number of rotatable bonds is 8. The summed E-state index contributed by atoms with van der Waals surface area (Å²) in [4.78, 5) is 34.6. The number of amides is 3. The van der Waals surface area contributed by atoms with Crippen molar-refractivity contribution in [2.75, 3.05) is 6.54 Å². The van der Waals surface area contributed by atoms with Crippen LogP contribution >= 0.6 is 0 Å².